The second kappa shape index (κ2) is 14.4. The summed E-state index contributed by atoms with van der Waals surface area (Å²) in [5, 5.41) is 4.57. The summed E-state index contributed by atoms with van der Waals surface area (Å²) >= 11 is 0. The van der Waals surface area contributed by atoms with Crippen molar-refractivity contribution in [1.29, 1.82) is 0 Å². The van der Waals surface area contributed by atoms with Crippen LogP contribution in [0.25, 0.3) is 27.8 Å². The number of carbonyl (C=O) groups excluding carboxylic acids is 3. The molecule has 0 saturated carbocycles. The maximum atomic E-state index is 15.4. The molecule has 2 heterocycles. The number of anilines is 1. The number of hydrogen-bond donors (Lipinski definition) is 1. The number of piperazine rings is 1. The molecule has 0 bridgehead atoms. The number of amides is 2. The van der Waals surface area contributed by atoms with Crippen LogP contribution in [0.1, 0.15) is 47.2 Å². The van der Waals surface area contributed by atoms with E-state index in [1.165, 1.54) is 18.1 Å². The summed E-state index contributed by atoms with van der Waals surface area (Å²) in [6.45, 7) is 8.61. The van der Waals surface area contributed by atoms with E-state index in [4.69, 9.17) is 14.5 Å². The van der Waals surface area contributed by atoms with Crippen LogP contribution in [0.15, 0.2) is 85.1 Å². The highest BCUT2D eigenvalue weighted by Crippen LogP contribution is 2.31. The molecule has 0 radical (unpaired) electrons. The average Bonchev–Trinajstić information content (AvgIpc) is 3.55. The minimum atomic E-state index is -0.891. The Bertz CT molecular complexity index is 2080. The fourth-order valence-corrected chi connectivity index (χ4v) is 6.33. The number of aromatic nitrogens is 2. The van der Waals surface area contributed by atoms with Gasteiger partial charge >= 0.3 is 5.97 Å². The lowest BCUT2D eigenvalue weighted by atomic mass is 10.0. The molecule has 1 atom stereocenters. The van der Waals surface area contributed by atoms with Crippen LogP contribution >= 0.6 is 0 Å². The number of carbonyl (C=O) groups is 3. The zero-order valence-corrected chi connectivity index (χ0v) is 28.8. The highest BCUT2D eigenvalue weighted by atomic mass is 19.1. The summed E-state index contributed by atoms with van der Waals surface area (Å²) in [7, 11) is 1.34. The van der Waals surface area contributed by atoms with Crippen molar-refractivity contribution in [3.8, 4) is 22.8 Å². The quantitative estimate of drug-likeness (QED) is 0.186. The van der Waals surface area contributed by atoms with Gasteiger partial charge in [0.1, 0.15) is 29.1 Å². The van der Waals surface area contributed by atoms with Crippen LogP contribution in [0.4, 0.5) is 10.1 Å². The van der Waals surface area contributed by atoms with Crippen LogP contribution in [0.5, 0.6) is 5.75 Å². The maximum absolute atomic E-state index is 15.4. The lowest BCUT2D eigenvalue weighted by molar-refractivity contribution is -0.126. The molecule has 10 nitrogen and oxygen atoms in total. The first-order chi connectivity index (χ1) is 24.1. The van der Waals surface area contributed by atoms with Gasteiger partial charge in [0, 0.05) is 43.6 Å². The fourth-order valence-electron chi connectivity index (χ4n) is 6.33. The highest BCUT2D eigenvalue weighted by Gasteiger charge is 2.38. The molecule has 0 spiro atoms. The van der Waals surface area contributed by atoms with Crippen molar-refractivity contribution < 1.29 is 28.2 Å². The van der Waals surface area contributed by atoms with Crippen molar-refractivity contribution in [3.05, 3.63) is 108 Å². The molecule has 0 aliphatic carbocycles. The molecule has 6 rings (SSSR count). The van der Waals surface area contributed by atoms with Gasteiger partial charge in [0.05, 0.1) is 30.5 Å². The van der Waals surface area contributed by atoms with Gasteiger partial charge in [-0.1, -0.05) is 36.4 Å². The van der Waals surface area contributed by atoms with Gasteiger partial charge in [-0.15, -0.1) is 0 Å². The number of aryl methyl sites for hydroxylation is 1. The Kier molecular flexibility index (Phi) is 9.85. The van der Waals surface area contributed by atoms with E-state index in [0.717, 1.165) is 22.0 Å². The molecule has 4 aromatic carbocycles. The molecular formula is C39H40FN5O5. The Labute approximate surface area is 290 Å². The Hall–Kier alpha value is -5.71. The van der Waals surface area contributed by atoms with Gasteiger partial charge in [-0.2, -0.15) is 0 Å². The van der Waals surface area contributed by atoms with Crippen molar-refractivity contribution in [1.82, 2.24) is 19.8 Å². The number of hydrogen-bond acceptors (Lipinski definition) is 7. The van der Waals surface area contributed by atoms with Crippen molar-refractivity contribution in [3.63, 3.8) is 0 Å². The highest BCUT2D eigenvalue weighted by molar-refractivity contribution is 6.06. The van der Waals surface area contributed by atoms with Gasteiger partial charge in [0.15, 0.2) is 0 Å². The third kappa shape index (κ3) is 6.89. The van der Waals surface area contributed by atoms with Gasteiger partial charge in [0.2, 0.25) is 5.91 Å². The molecule has 1 N–H and O–H groups in total. The first-order valence-corrected chi connectivity index (χ1v) is 16.6. The minimum absolute atomic E-state index is 0.0660. The lowest BCUT2D eigenvalue weighted by Gasteiger charge is -2.41. The van der Waals surface area contributed by atoms with E-state index in [-0.39, 0.29) is 42.1 Å². The second-order valence-electron chi connectivity index (χ2n) is 12.6. The van der Waals surface area contributed by atoms with Crippen molar-refractivity contribution in [2.75, 3.05) is 38.3 Å². The molecule has 1 saturated heterocycles. The molecule has 0 unspecified atom stereocenters. The Morgan fingerprint density at radius 3 is 2.52 bits per heavy atom. The van der Waals surface area contributed by atoms with Crippen LogP contribution in [0, 0.1) is 12.7 Å². The molecule has 2 amide bonds. The third-order valence-electron chi connectivity index (χ3n) is 8.69. The van der Waals surface area contributed by atoms with E-state index in [2.05, 4.69) is 5.32 Å². The van der Waals surface area contributed by atoms with Crippen LogP contribution in [-0.2, 0) is 9.53 Å². The number of fused-ring (bicyclic) bond motifs is 1. The van der Waals surface area contributed by atoms with E-state index in [1.54, 1.807) is 42.0 Å². The minimum Gasteiger partial charge on any atom is -0.494 e. The summed E-state index contributed by atoms with van der Waals surface area (Å²) in [6.07, 6.45) is 1.58. The van der Waals surface area contributed by atoms with E-state index < -0.39 is 23.7 Å². The van der Waals surface area contributed by atoms with Gasteiger partial charge < -0.3 is 24.6 Å². The molecule has 1 fully saturated rings. The normalized spacial score (nSPS) is 14.6. The van der Waals surface area contributed by atoms with Gasteiger partial charge in [-0.05, 0) is 80.4 Å². The summed E-state index contributed by atoms with van der Waals surface area (Å²) in [5.41, 5.74) is 2.82. The van der Waals surface area contributed by atoms with Crippen LogP contribution in [0.3, 0.4) is 0 Å². The summed E-state index contributed by atoms with van der Waals surface area (Å²) in [4.78, 5) is 49.2. The lowest BCUT2D eigenvalue weighted by Crippen LogP contribution is -2.61. The molecule has 5 aromatic rings. The SMILES string of the molecule is CCOc1cccc(-n2cc(C(=O)N3CCN(c4cc(C(=O)OC)c5ccccc5c4)C[C@H]3C(=O)NC(C)C)nc2-c2ccc(C)cc2F)c1. The molecule has 11 heteroatoms. The summed E-state index contributed by atoms with van der Waals surface area (Å²) in [5.74, 6) is -0.854. The average molecular weight is 678 g/mol. The number of halogens is 1. The predicted molar refractivity (Wildman–Crippen MR) is 190 cm³/mol. The molecule has 1 aromatic heterocycles. The predicted octanol–water partition coefficient (Wildman–Crippen LogP) is 6.18. The largest absolute Gasteiger partial charge is 0.494 e. The second-order valence-corrected chi connectivity index (χ2v) is 12.6. The number of nitrogens with one attached hydrogen (secondary N) is 1. The number of nitrogens with zero attached hydrogens (tertiary/aromatic N) is 4. The number of rotatable bonds is 9. The molecule has 1 aliphatic heterocycles. The Morgan fingerprint density at radius 2 is 1.78 bits per heavy atom. The number of esters is 1. The number of imidazole rings is 1. The number of benzene rings is 4. The molecule has 1 aliphatic rings. The Morgan fingerprint density at radius 1 is 0.980 bits per heavy atom. The van der Waals surface area contributed by atoms with Crippen LogP contribution < -0.4 is 15.0 Å². The topological polar surface area (TPSA) is 106 Å². The summed E-state index contributed by atoms with van der Waals surface area (Å²) < 4.78 is 27.9. The van der Waals surface area contributed by atoms with Gasteiger partial charge in [-0.25, -0.2) is 14.2 Å². The number of methoxy groups -OCH3 is 1. The van der Waals surface area contributed by atoms with Crippen molar-refractivity contribution >= 4 is 34.2 Å². The van der Waals surface area contributed by atoms with Gasteiger partial charge in [0.25, 0.3) is 5.91 Å². The first-order valence-electron chi connectivity index (χ1n) is 16.6. The van der Waals surface area contributed by atoms with E-state index in [1.807, 2.05) is 74.2 Å². The molecule has 258 valence electrons. The number of ether oxygens (including phenoxy) is 2. The smallest absolute Gasteiger partial charge is 0.338 e. The molecular weight excluding hydrogens is 637 g/mol. The molecule has 50 heavy (non-hydrogen) atoms. The van der Waals surface area contributed by atoms with Crippen molar-refractivity contribution in [2.24, 2.45) is 0 Å². The zero-order chi connectivity index (χ0) is 35.5. The third-order valence-corrected chi connectivity index (χ3v) is 8.69. The summed E-state index contributed by atoms with van der Waals surface area (Å²) in [6, 6.07) is 22.4. The van der Waals surface area contributed by atoms with E-state index in [9.17, 15) is 14.4 Å². The van der Waals surface area contributed by atoms with Gasteiger partial charge in [-0.3, -0.25) is 14.2 Å². The van der Waals surface area contributed by atoms with Crippen molar-refractivity contribution in [2.45, 2.75) is 39.8 Å². The zero-order valence-electron chi connectivity index (χ0n) is 28.8. The first kappa shape index (κ1) is 34.2. The monoisotopic (exact) mass is 677 g/mol. The maximum Gasteiger partial charge on any atom is 0.338 e. The van der Waals surface area contributed by atoms with Crippen LogP contribution in [-0.4, -0.2) is 77.7 Å². The Balaban J connectivity index is 1.39. The van der Waals surface area contributed by atoms with Crippen LogP contribution in [0.2, 0.25) is 0 Å². The fraction of sp³-hybridized carbons (Fsp3) is 0.282. The van der Waals surface area contributed by atoms with E-state index in [0.29, 0.717) is 30.2 Å². The van der Waals surface area contributed by atoms with E-state index >= 15 is 4.39 Å². The standard InChI is InChI=1S/C39H40FN5O5/c1-6-50-29-12-9-11-27(20-29)45-22-34(42-36(45)31-15-14-25(4)18-33(31)40)38(47)44-17-16-43(23-35(44)37(46)41-24(2)3)28-19-26-10-7-8-13-30(26)32(21-28)39(48)49-5/h7-15,18-22,24,35H,6,16-17,23H2,1-5H3,(H,41,46)/t35-/m0/s1.